The second-order valence-electron chi connectivity index (χ2n) is 3.46. The summed E-state index contributed by atoms with van der Waals surface area (Å²) in [5.41, 5.74) is 4.97. The van der Waals surface area contributed by atoms with Crippen LogP contribution in [0.2, 0.25) is 0 Å². The molecule has 2 aliphatic rings. The highest BCUT2D eigenvalue weighted by atomic mass is 19.1. The van der Waals surface area contributed by atoms with Gasteiger partial charge in [0.05, 0.1) is 17.9 Å². The van der Waals surface area contributed by atoms with Crippen LogP contribution in [0, 0.1) is 0 Å². The molecule has 74 valence electrons. The van der Waals surface area contributed by atoms with E-state index in [1.165, 1.54) is 6.20 Å². The largest absolute Gasteiger partial charge is 0.299 e. The van der Waals surface area contributed by atoms with Crippen molar-refractivity contribution in [1.82, 2.24) is 10.4 Å². The zero-order chi connectivity index (χ0) is 10.1. The third-order valence-electron chi connectivity index (χ3n) is 2.31. The van der Waals surface area contributed by atoms with Gasteiger partial charge in [-0.2, -0.15) is 0 Å². The Morgan fingerprint density at radius 1 is 1.71 bits per heavy atom. The van der Waals surface area contributed by atoms with Gasteiger partial charge in [0.1, 0.15) is 5.83 Å². The minimum atomic E-state index is -0.192. The van der Waals surface area contributed by atoms with Gasteiger partial charge in [-0.05, 0) is 12.5 Å². The van der Waals surface area contributed by atoms with Crippen molar-refractivity contribution in [1.29, 1.82) is 0 Å². The molecular formula is C10H12FN3. The number of aliphatic imine (C=N–C) groups is 1. The van der Waals surface area contributed by atoms with E-state index < -0.39 is 0 Å². The molecule has 1 atom stereocenters. The number of nitrogens with zero attached hydrogens (tertiary/aromatic N) is 2. The molecule has 4 heteroatoms. The smallest absolute Gasteiger partial charge is 0.121 e. The second kappa shape index (κ2) is 3.29. The molecule has 0 bridgehead atoms. The van der Waals surface area contributed by atoms with Crippen LogP contribution in [-0.2, 0) is 0 Å². The van der Waals surface area contributed by atoms with Gasteiger partial charge < -0.3 is 0 Å². The van der Waals surface area contributed by atoms with E-state index in [1.807, 2.05) is 18.1 Å². The predicted octanol–water partition coefficient (Wildman–Crippen LogP) is 1.88. The van der Waals surface area contributed by atoms with Crippen molar-refractivity contribution in [3.63, 3.8) is 0 Å². The molecule has 0 aromatic carbocycles. The fourth-order valence-electron chi connectivity index (χ4n) is 1.44. The van der Waals surface area contributed by atoms with Crippen LogP contribution in [0.5, 0.6) is 0 Å². The SMILES string of the molecule is C=C1NN(C2C=NC=C(F)C2)C=C1C. The number of hydrogen-bond acceptors (Lipinski definition) is 3. The van der Waals surface area contributed by atoms with Gasteiger partial charge in [0.25, 0.3) is 0 Å². The van der Waals surface area contributed by atoms with E-state index in [1.54, 1.807) is 6.21 Å². The van der Waals surface area contributed by atoms with Crippen LogP contribution in [0.3, 0.4) is 0 Å². The first-order chi connectivity index (χ1) is 6.66. The molecule has 3 nitrogen and oxygen atoms in total. The maximum atomic E-state index is 12.9. The molecule has 2 heterocycles. The van der Waals surface area contributed by atoms with Gasteiger partial charge in [0.15, 0.2) is 0 Å². The van der Waals surface area contributed by atoms with Gasteiger partial charge in [0, 0.05) is 18.8 Å². The average molecular weight is 193 g/mol. The highest BCUT2D eigenvalue weighted by Crippen LogP contribution is 2.20. The number of nitrogens with one attached hydrogen (secondary N) is 1. The number of hydrazine groups is 1. The Balaban J connectivity index is 2.09. The third kappa shape index (κ3) is 1.55. The van der Waals surface area contributed by atoms with Crippen LogP contribution in [0.25, 0.3) is 0 Å². The Kier molecular flexibility index (Phi) is 2.11. The lowest BCUT2D eigenvalue weighted by molar-refractivity contribution is 0.278. The topological polar surface area (TPSA) is 27.6 Å². The van der Waals surface area contributed by atoms with Crippen molar-refractivity contribution in [2.24, 2.45) is 4.99 Å². The Hall–Kier alpha value is -1.58. The summed E-state index contributed by atoms with van der Waals surface area (Å²) in [4.78, 5) is 3.83. The molecular weight excluding hydrogens is 181 g/mol. The van der Waals surface area contributed by atoms with Crippen LogP contribution in [0.15, 0.2) is 41.1 Å². The Morgan fingerprint density at radius 2 is 2.50 bits per heavy atom. The maximum absolute atomic E-state index is 12.9. The van der Waals surface area contributed by atoms with E-state index in [0.717, 1.165) is 11.3 Å². The van der Waals surface area contributed by atoms with Crippen LogP contribution in [0.4, 0.5) is 4.39 Å². The summed E-state index contributed by atoms with van der Waals surface area (Å²) in [6.07, 6.45) is 5.24. The molecule has 14 heavy (non-hydrogen) atoms. The fourth-order valence-corrected chi connectivity index (χ4v) is 1.44. The summed E-state index contributed by atoms with van der Waals surface area (Å²) in [7, 11) is 0. The van der Waals surface area contributed by atoms with Crippen molar-refractivity contribution in [3.05, 3.63) is 36.1 Å². The van der Waals surface area contributed by atoms with E-state index >= 15 is 0 Å². The Morgan fingerprint density at radius 3 is 3.07 bits per heavy atom. The predicted molar refractivity (Wildman–Crippen MR) is 54.0 cm³/mol. The van der Waals surface area contributed by atoms with Gasteiger partial charge >= 0.3 is 0 Å². The maximum Gasteiger partial charge on any atom is 0.121 e. The molecule has 0 spiro atoms. The van der Waals surface area contributed by atoms with E-state index in [2.05, 4.69) is 17.0 Å². The molecule has 0 fully saturated rings. The number of allylic oxidation sites excluding steroid dienone is 1. The lowest BCUT2D eigenvalue weighted by Gasteiger charge is -2.25. The first kappa shape index (κ1) is 8.99. The molecule has 0 aromatic rings. The summed E-state index contributed by atoms with van der Waals surface area (Å²) in [5, 5.41) is 1.83. The molecule has 0 aliphatic carbocycles. The van der Waals surface area contributed by atoms with E-state index in [-0.39, 0.29) is 11.9 Å². The first-order valence-corrected chi connectivity index (χ1v) is 4.47. The van der Waals surface area contributed by atoms with Crippen LogP contribution in [-0.4, -0.2) is 17.3 Å². The minimum absolute atomic E-state index is 0.0609. The van der Waals surface area contributed by atoms with Crippen LogP contribution >= 0.6 is 0 Å². The lowest BCUT2D eigenvalue weighted by atomic mass is 10.2. The van der Waals surface area contributed by atoms with E-state index in [0.29, 0.717) is 6.42 Å². The summed E-state index contributed by atoms with van der Waals surface area (Å²) >= 11 is 0. The molecule has 0 saturated heterocycles. The first-order valence-electron chi connectivity index (χ1n) is 4.47. The quantitative estimate of drug-likeness (QED) is 0.688. The molecule has 0 amide bonds. The molecule has 0 aromatic heterocycles. The molecule has 1 N–H and O–H groups in total. The molecule has 2 rings (SSSR count). The minimum Gasteiger partial charge on any atom is -0.299 e. The zero-order valence-corrected chi connectivity index (χ0v) is 8.00. The standard InChI is InChI=1S/C10H12FN3/c1-7-6-14(13-8(7)2)10-3-9(11)4-12-5-10/h4-6,10,13H,2-3H2,1H3. The number of halogens is 1. The lowest BCUT2D eigenvalue weighted by Crippen LogP contribution is -2.39. The molecule has 0 saturated carbocycles. The molecule has 2 aliphatic heterocycles. The summed E-state index contributed by atoms with van der Waals surface area (Å²) in [6, 6.07) is -0.0609. The normalized spacial score (nSPS) is 26.0. The van der Waals surface area contributed by atoms with Crippen molar-refractivity contribution >= 4 is 6.21 Å². The van der Waals surface area contributed by atoms with Crippen molar-refractivity contribution in [3.8, 4) is 0 Å². The van der Waals surface area contributed by atoms with E-state index in [4.69, 9.17) is 0 Å². The summed E-state index contributed by atoms with van der Waals surface area (Å²) in [6.45, 7) is 5.79. The monoisotopic (exact) mass is 193 g/mol. The van der Waals surface area contributed by atoms with Crippen molar-refractivity contribution in [2.75, 3.05) is 0 Å². The average Bonchev–Trinajstić information content (AvgIpc) is 2.47. The van der Waals surface area contributed by atoms with Crippen molar-refractivity contribution in [2.45, 2.75) is 19.4 Å². The van der Waals surface area contributed by atoms with E-state index in [9.17, 15) is 4.39 Å². The Labute approximate surface area is 82.3 Å². The summed E-state index contributed by atoms with van der Waals surface area (Å²) < 4.78 is 12.9. The summed E-state index contributed by atoms with van der Waals surface area (Å²) in [5.74, 6) is -0.192. The highest BCUT2D eigenvalue weighted by molar-refractivity contribution is 5.67. The van der Waals surface area contributed by atoms with Crippen molar-refractivity contribution < 1.29 is 4.39 Å². The molecule has 1 unspecified atom stereocenters. The number of rotatable bonds is 1. The van der Waals surface area contributed by atoms with Crippen LogP contribution < -0.4 is 5.43 Å². The highest BCUT2D eigenvalue weighted by Gasteiger charge is 2.22. The van der Waals surface area contributed by atoms with Crippen LogP contribution in [0.1, 0.15) is 13.3 Å². The molecule has 0 radical (unpaired) electrons. The van der Waals surface area contributed by atoms with Gasteiger partial charge in [0.2, 0.25) is 0 Å². The van der Waals surface area contributed by atoms with Gasteiger partial charge in [-0.25, -0.2) is 4.39 Å². The third-order valence-corrected chi connectivity index (χ3v) is 2.31. The second-order valence-corrected chi connectivity index (χ2v) is 3.46. The van der Waals surface area contributed by atoms with Gasteiger partial charge in [-0.1, -0.05) is 6.58 Å². The zero-order valence-electron chi connectivity index (χ0n) is 8.00. The number of hydrogen-bond donors (Lipinski definition) is 1. The fraction of sp³-hybridized carbons (Fsp3) is 0.300. The van der Waals surface area contributed by atoms with Gasteiger partial charge in [-0.15, -0.1) is 0 Å². The van der Waals surface area contributed by atoms with Gasteiger partial charge in [-0.3, -0.25) is 15.4 Å². The Bertz CT molecular complexity index is 354.